The number of benzene rings is 2. The molecule has 0 unspecified atom stereocenters. The largest absolute Gasteiger partial charge is 0.507 e. The molecule has 0 radical (unpaired) electrons. The van der Waals surface area contributed by atoms with Gasteiger partial charge in [-0.25, -0.2) is 4.79 Å². The number of carboxylic acid groups (broad SMARTS) is 1. The molecule has 0 saturated heterocycles. The van der Waals surface area contributed by atoms with Gasteiger partial charge in [0.15, 0.2) is 11.5 Å². The molecule has 2 N–H and O–H groups in total. The van der Waals surface area contributed by atoms with Crippen molar-refractivity contribution in [3.8, 4) is 17.2 Å². The van der Waals surface area contributed by atoms with Crippen LogP contribution in [0.25, 0.3) is 0 Å². The molecule has 0 heterocycles. The molecule has 2 rings (SSSR count). The maximum atomic E-state index is 11.2. The van der Waals surface area contributed by atoms with Crippen molar-refractivity contribution in [2.24, 2.45) is 0 Å². The highest BCUT2D eigenvalue weighted by atomic mass is 16.5. The average Bonchev–Trinajstić information content (AvgIpc) is 2.51. The molecule has 0 aliphatic heterocycles. The van der Waals surface area contributed by atoms with Crippen molar-refractivity contribution in [2.45, 2.75) is 12.8 Å². The lowest BCUT2D eigenvalue weighted by molar-refractivity contribution is 0.0692. The van der Waals surface area contributed by atoms with Crippen LogP contribution in [0.5, 0.6) is 17.2 Å². The highest BCUT2D eigenvalue weighted by Gasteiger charge is 2.14. The van der Waals surface area contributed by atoms with Gasteiger partial charge in [-0.2, -0.15) is 0 Å². The monoisotopic (exact) mass is 302 g/mol. The third-order valence-electron chi connectivity index (χ3n) is 3.26. The van der Waals surface area contributed by atoms with Crippen molar-refractivity contribution in [1.82, 2.24) is 0 Å². The van der Waals surface area contributed by atoms with Crippen molar-refractivity contribution in [2.75, 3.05) is 13.7 Å². The fourth-order valence-electron chi connectivity index (χ4n) is 2.22. The van der Waals surface area contributed by atoms with Crippen molar-refractivity contribution in [3.05, 3.63) is 53.6 Å². The zero-order chi connectivity index (χ0) is 15.9. The number of aromatic hydroxyl groups is 1. The number of phenols is 1. The van der Waals surface area contributed by atoms with E-state index in [-0.39, 0.29) is 11.3 Å². The highest BCUT2D eigenvalue weighted by Crippen LogP contribution is 2.26. The quantitative estimate of drug-likeness (QED) is 0.769. The van der Waals surface area contributed by atoms with Crippen molar-refractivity contribution < 1.29 is 24.5 Å². The van der Waals surface area contributed by atoms with E-state index in [2.05, 4.69) is 0 Å². The summed E-state index contributed by atoms with van der Waals surface area (Å²) in [5.74, 6) is -0.0279. The second-order valence-corrected chi connectivity index (χ2v) is 4.72. The highest BCUT2D eigenvalue weighted by molar-refractivity contribution is 5.92. The summed E-state index contributed by atoms with van der Waals surface area (Å²) in [6, 6.07) is 12.1. The molecule has 0 atom stereocenters. The molecule has 5 heteroatoms. The molecule has 22 heavy (non-hydrogen) atoms. The van der Waals surface area contributed by atoms with Gasteiger partial charge in [-0.3, -0.25) is 0 Å². The van der Waals surface area contributed by atoms with Gasteiger partial charge < -0.3 is 19.7 Å². The van der Waals surface area contributed by atoms with Crippen LogP contribution in [0, 0.1) is 0 Å². The molecule has 0 aliphatic rings. The minimum atomic E-state index is -1.13. The van der Waals surface area contributed by atoms with Gasteiger partial charge in [-0.1, -0.05) is 24.3 Å². The molecule has 0 bridgehead atoms. The summed E-state index contributed by atoms with van der Waals surface area (Å²) in [5, 5.41) is 18.8. The van der Waals surface area contributed by atoms with Gasteiger partial charge in [0.05, 0.1) is 13.7 Å². The van der Waals surface area contributed by atoms with Crippen LogP contribution in [0.2, 0.25) is 0 Å². The molecule has 0 fully saturated rings. The Kier molecular flexibility index (Phi) is 5.25. The number of para-hydroxylation sites is 2. The van der Waals surface area contributed by atoms with Gasteiger partial charge in [-0.15, -0.1) is 0 Å². The number of methoxy groups -OCH3 is 1. The second kappa shape index (κ2) is 7.36. The lowest BCUT2D eigenvalue weighted by atomic mass is 10.0. The van der Waals surface area contributed by atoms with E-state index in [1.54, 1.807) is 19.2 Å². The normalized spacial score (nSPS) is 10.2. The van der Waals surface area contributed by atoms with Crippen LogP contribution < -0.4 is 9.47 Å². The number of carboxylic acids is 1. The maximum Gasteiger partial charge on any atom is 0.339 e. The molecular weight excluding hydrogens is 284 g/mol. The number of rotatable bonds is 7. The number of carbonyl (C=O) groups is 1. The molecule has 0 aromatic heterocycles. The Morgan fingerprint density at radius 1 is 1.09 bits per heavy atom. The van der Waals surface area contributed by atoms with Crippen LogP contribution in [-0.4, -0.2) is 29.9 Å². The molecule has 2 aromatic rings. The van der Waals surface area contributed by atoms with Crippen LogP contribution in [-0.2, 0) is 6.42 Å². The van der Waals surface area contributed by atoms with Crippen molar-refractivity contribution in [3.63, 3.8) is 0 Å². The minimum absolute atomic E-state index is 0.0419. The first-order chi connectivity index (χ1) is 10.6. The third kappa shape index (κ3) is 3.69. The van der Waals surface area contributed by atoms with E-state index in [0.29, 0.717) is 36.5 Å². The first kappa shape index (κ1) is 15.7. The van der Waals surface area contributed by atoms with Crippen molar-refractivity contribution in [1.29, 1.82) is 0 Å². The predicted octanol–water partition coefficient (Wildman–Crippen LogP) is 3.11. The predicted molar refractivity (Wildman–Crippen MR) is 81.9 cm³/mol. The first-order valence-corrected chi connectivity index (χ1v) is 6.93. The first-order valence-electron chi connectivity index (χ1n) is 6.93. The molecule has 0 spiro atoms. The minimum Gasteiger partial charge on any atom is -0.507 e. The third-order valence-corrected chi connectivity index (χ3v) is 3.26. The van der Waals surface area contributed by atoms with Crippen LogP contribution in [0.3, 0.4) is 0 Å². The standard InChI is InChI=1S/C17H18O5/c1-21-14-9-2-3-10-15(14)22-11-5-7-12-6-4-8-13(18)16(12)17(19)20/h2-4,6,8-10,18H,5,7,11H2,1H3,(H,19,20). The van der Waals surface area contributed by atoms with Gasteiger partial charge >= 0.3 is 5.97 Å². The Balaban J connectivity index is 1.95. The Bertz CT molecular complexity index is 651. The van der Waals surface area contributed by atoms with Crippen LogP contribution in [0.1, 0.15) is 22.3 Å². The van der Waals surface area contributed by atoms with E-state index in [1.165, 1.54) is 6.07 Å². The van der Waals surface area contributed by atoms with Gasteiger partial charge in [-0.05, 0) is 36.6 Å². The Hall–Kier alpha value is -2.69. The van der Waals surface area contributed by atoms with E-state index in [0.717, 1.165) is 0 Å². The van der Waals surface area contributed by atoms with Crippen LogP contribution in [0.15, 0.2) is 42.5 Å². The van der Waals surface area contributed by atoms with Gasteiger partial charge in [0.25, 0.3) is 0 Å². The molecule has 5 nitrogen and oxygen atoms in total. The molecule has 2 aromatic carbocycles. The zero-order valence-corrected chi connectivity index (χ0v) is 12.3. The summed E-state index contributed by atoms with van der Waals surface area (Å²) in [5.41, 5.74) is 0.552. The molecule has 0 aliphatic carbocycles. The Morgan fingerprint density at radius 2 is 1.82 bits per heavy atom. The number of ether oxygens (including phenoxy) is 2. The Labute approximate surface area is 128 Å². The van der Waals surface area contributed by atoms with Crippen molar-refractivity contribution >= 4 is 5.97 Å². The van der Waals surface area contributed by atoms with Crippen LogP contribution in [0.4, 0.5) is 0 Å². The molecular formula is C17H18O5. The SMILES string of the molecule is COc1ccccc1OCCCc1cccc(O)c1C(=O)O. The number of hydrogen-bond donors (Lipinski definition) is 2. The topological polar surface area (TPSA) is 76.0 Å². The summed E-state index contributed by atoms with van der Waals surface area (Å²) >= 11 is 0. The summed E-state index contributed by atoms with van der Waals surface area (Å²) in [6.07, 6.45) is 1.13. The summed E-state index contributed by atoms with van der Waals surface area (Å²) in [7, 11) is 1.58. The molecule has 116 valence electrons. The summed E-state index contributed by atoms with van der Waals surface area (Å²) < 4.78 is 10.8. The fourth-order valence-corrected chi connectivity index (χ4v) is 2.22. The number of aryl methyl sites for hydroxylation is 1. The summed E-state index contributed by atoms with van der Waals surface area (Å²) in [6.45, 7) is 0.426. The number of hydrogen-bond acceptors (Lipinski definition) is 4. The van der Waals surface area contributed by atoms with E-state index >= 15 is 0 Å². The fraction of sp³-hybridized carbons (Fsp3) is 0.235. The van der Waals surface area contributed by atoms with E-state index in [9.17, 15) is 9.90 Å². The number of aromatic carboxylic acids is 1. The molecule has 0 amide bonds. The van der Waals surface area contributed by atoms with Gasteiger partial charge in [0.2, 0.25) is 0 Å². The average molecular weight is 302 g/mol. The van der Waals surface area contributed by atoms with Gasteiger partial charge in [0, 0.05) is 0 Å². The maximum absolute atomic E-state index is 11.2. The lowest BCUT2D eigenvalue weighted by Gasteiger charge is -2.11. The molecule has 0 saturated carbocycles. The summed E-state index contributed by atoms with van der Waals surface area (Å²) in [4.78, 5) is 11.2. The lowest BCUT2D eigenvalue weighted by Crippen LogP contribution is -2.06. The van der Waals surface area contributed by atoms with E-state index < -0.39 is 5.97 Å². The van der Waals surface area contributed by atoms with Crippen LogP contribution >= 0.6 is 0 Å². The zero-order valence-electron chi connectivity index (χ0n) is 12.3. The smallest absolute Gasteiger partial charge is 0.339 e. The Morgan fingerprint density at radius 3 is 2.50 bits per heavy atom. The van der Waals surface area contributed by atoms with Gasteiger partial charge in [0.1, 0.15) is 11.3 Å². The van der Waals surface area contributed by atoms with E-state index in [4.69, 9.17) is 14.6 Å². The second-order valence-electron chi connectivity index (χ2n) is 4.72. The van der Waals surface area contributed by atoms with E-state index in [1.807, 2.05) is 24.3 Å².